The smallest absolute Gasteiger partial charge is 0.410 e. The lowest BCUT2D eigenvalue weighted by Crippen LogP contribution is -2.45. The molecule has 1 aliphatic carbocycles. The molecular weight excluding hydrogens is 240 g/mol. The van der Waals surface area contributed by atoms with Gasteiger partial charge < -0.3 is 15.4 Å². The van der Waals surface area contributed by atoms with Gasteiger partial charge in [-0.2, -0.15) is 0 Å². The Hall–Kier alpha value is -0.770. The van der Waals surface area contributed by atoms with E-state index in [1.54, 1.807) is 0 Å². The van der Waals surface area contributed by atoms with Crippen LogP contribution in [0, 0.1) is 5.92 Å². The van der Waals surface area contributed by atoms with E-state index >= 15 is 0 Å². The lowest BCUT2D eigenvalue weighted by atomic mass is 9.86. The van der Waals surface area contributed by atoms with Crippen LogP contribution in [-0.4, -0.2) is 35.7 Å². The minimum absolute atomic E-state index is 0.180. The molecule has 0 aromatic carbocycles. The molecule has 1 aliphatic rings. The van der Waals surface area contributed by atoms with Gasteiger partial charge in [-0.1, -0.05) is 6.92 Å². The van der Waals surface area contributed by atoms with Crippen LogP contribution in [0.5, 0.6) is 0 Å². The molecular formula is C15H30N2O2. The molecule has 0 atom stereocenters. The quantitative estimate of drug-likeness (QED) is 0.853. The molecule has 1 fully saturated rings. The summed E-state index contributed by atoms with van der Waals surface area (Å²) >= 11 is 0. The minimum Gasteiger partial charge on any atom is -0.444 e. The topological polar surface area (TPSA) is 55.6 Å². The molecule has 0 heterocycles. The van der Waals surface area contributed by atoms with E-state index in [9.17, 15) is 4.79 Å². The molecule has 1 rings (SSSR count). The monoisotopic (exact) mass is 270 g/mol. The highest BCUT2D eigenvalue weighted by atomic mass is 16.6. The van der Waals surface area contributed by atoms with Crippen LogP contribution >= 0.6 is 0 Å². The molecule has 0 unspecified atom stereocenters. The van der Waals surface area contributed by atoms with E-state index in [0.717, 1.165) is 25.2 Å². The third-order valence-electron chi connectivity index (χ3n) is 3.66. The molecule has 0 saturated heterocycles. The minimum atomic E-state index is -0.431. The Morgan fingerprint density at radius 1 is 1.26 bits per heavy atom. The molecule has 0 spiro atoms. The molecule has 112 valence electrons. The van der Waals surface area contributed by atoms with Crippen LogP contribution in [0.15, 0.2) is 0 Å². The lowest BCUT2D eigenvalue weighted by Gasteiger charge is -2.37. The van der Waals surface area contributed by atoms with E-state index in [-0.39, 0.29) is 6.09 Å². The fourth-order valence-electron chi connectivity index (χ4n) is 2.56. The van der Waals surface area contributed by atoms with Crippen molar-refractivity contribution in [3.63, 3.8) is 0 Å². The summed E-state index contributed by atoms with van der Waals surface area (Å²) in [6.45, 7) is 9.35. The highest BCUT2D eigenvalue weighted by Crippen LogP contribution is 2.28. The van der Waals surface area contributed by atoms with Crippen molar-refractivity contribution in [3.8, 4) is 0 Å². The van der Waals surface area contributed by atoms with Gasteiger partial charge in [-0.15, -0.1) is 0 Å². The average molecular weight is 270 g/mol. The van der Waals surface area contributed by atoms with Crippen LogP contribution in [0.25, 0.3) is 0 Å². The summed E-state index contributed by atoms with van der Waals surface area (Å²) in [7, 11) is 0. The van der Waals surface area contributed by atoms with Crippen LogP contribution in [0.3, 0.4) is 0 Å². The van der Waals surface area contributed by atoms with Crippen LogP contribution < -0.4 is 5.73 Å². The third-order valence-corrected chi connectivity index (χ3v) is 3.66. The van der Waals surface area contributed by atoms with E-state index in [1.807, 2.05) is 25.7 Å². The Morgan fingerprint density at radius 2 is 1.84 bits per heavy atom. The van der Waals surface area contributed by atoms with Gasteiger partial charge in [0.05, 0.1) is 0 Å². The van der Waals surface area contributed by atoms with Gasteiger partial charge in [0.25, 0.3) is 0 Å². The zero-order valence-electron chi connectivity index (χ0n) is 12.9. The second-order valence-electron chi connectivity index (χ2n) is 6.73. The number of ether oxygens (including phenoxy) is 1. The zero-order chi connectivity index (χ0) is 14.5. The van der Waals surface area contributed by atoms with E-state index in [0.29, 0.717) is 19.1 Å². The van der Waals surface area contributed by atoms with Crippen molar-refractivity contribution in [2.75, 3.05) is 13.1 Å². The van der Waals surface area contributed by atoms with Crippen molar-refractivity contribution in [1.82, 2.24) is 4.90 Å². The third kappa shape index (κ3) is 5.81. The van der Waals surface area contributed by atoms with Crippen molar-refractivity contribution < 1.29 is 9.53 Å². The average Bonchev–Trinajstić information content (AvgIpc) is 2.29. The van der Waals surface area contributed by atoms with E-state index in [1.165, 1.54) is 12.8 Å². The normalized spacial score (nSPS) is 24.1. The second kappa shape index (κ2) is 7.13. The van der Waals surface area contributed by atoms with Gasteiger partial charge in [-0.25, -0.2) is 4.79 Å². The number of amides is 1. The highest BCUT2D eigenvalue weighted by Gasteiger charge is 2.30. The first-order valence-electron chi connectivity index (χ1n) is 7.53. The summed E-state index contributed by atoms with van der Waals surface area (Å²) in [5.41, 5.74) is 5.15. The largest absolute Gasteiger partial charge is 0.444 e. The first-order chi connectivity index (χ1) is 8.83. The van der Waals surface area contributed by atoms with Gasteiger partial charge in [-0.05, 0) is 65.3 Å². The number of carbonyl (C=O) groups is 1. The Labute approximate surface area is 117 Å². The maximum absolute atomic E-state index is 12.3. The van der Waals surface area contributed by atoms with Gasteiger partial charge in [-0.3, -0.25) is 0 Å². The summed E-state index contributed by atoms with van der Waals surface area (Å²) in [4.78, 5) is 14.2. The maximum Gasteiger partial charge on any atom is 0.410 e. The molecule has 0 bridgehead atoms. The van der Waals surface area contributed by atoms with Gasteiger partial charge in [0.2, 0.25) is 0 Å². The molecule has 0 aromatic heterocycles. The molecule has 0 aromatic rings. The summed E-state index contributed by atoms with van der Waals surface area (Å²) in [6, 6.07) is 0.331. The number of nitrogens with zero attached hydrogens (tertiary/aromatic N) is 1. The molecule has 1 saturated carbocycles. The number of nitrogens with two attached hydrogens (primary N) is 1. The van der Waals surface area contributed by atoms with Crippen LogP contribution in [0.4, 0.5) is 4.79 Å². The van der Waals surface area contributed by atoms with Gasteiger partial charge >= 0.3 is 6.09 Å². The van der Waals surface area contributed by atoms with Crippen LogP contribution in [-0.2, 0) is 4.74 Å². The van der Waals surface area contributed by atoms with E-state index < -0.39 is 5.60 Å². The number of rotatable bonds is 4. The molecule has 2 N–H and O–H groups in total. The SMILES string of the molecule is CC1CCC(N(CCCN)C(=O)OC(C)(C)C)CC1. The van der Waals surface area contributed by atoms with Crippen molar-refractivity contribution >= 4 is 6.09 Å². The highest BCUT2D eigenvalue weighted by molar-refractivity contribution is 5.68. The molecule has 19 heavy (non-hydrogen) atoms. The molecule has 4 heteroatoms. The zero-order valence-corrected chi connectivity index (χ0v) is 12.9. The van der Waals surface area contributed by atoms with Crippen LogP contribution in [0.1, 0.15) is 59.8 Å². The van der Waals surface area contributed by atoms with Crippen LogP contribution in [0.2, 0.25) is 0 Å². The first-order valence-corrected chi connectivity index (χ1v) is 7.53. The number of carbonyl (C=O) groups excluding carboxylic acids is 1. The van der Waals surface area contributed by atoms with Crippen molar-refractivity contribution in [3.05, 3.63) is 0 Å². The molecule has 1 amide bonds. The van der Waals surface area contributed by atoms with E-state index in [4.69, 9.17) is 10.5 Å². The van der Waals surface area contributed by atoms with Crippen molar-refractivity contribution in [1.29, 1.82) is 0 Å². The molecule has 0 radical (unpaired) electrons. The van der Waals surface area contributed by atoms with Gasteiger partial charge in [0.1, 0.15) is 5.60 Å². The number of hydrogen-bond acceptors (Lipinski definition) is 3. The fourth-order valence-corrected chi connectivity index (χ4v) is 2.56. The Morgan fingerprint density at radius 3 is 2.32 bits per heavy atom. The molecule has 4 nitrogen and oxygen atoms in total. The molecule has 0 aliphatic heterocycles. The maximum atomic E-state index is 12.3. The Bertz CT molecular complexity index is 278. The predicted octanol–water partition coefficient (Wildman–Crippen LogP) is 3.15. The Balaban J connectivity index is 2.62. The van der Waals surface area contributed by atoms with E-state index in [2.05, 4.69) is 6.92 Å². The second-order valence-corrected chi connectivity index (χ2v) is 6.73. The summed E-state index contributed by atoms with van der Waals surface area (Å²) in [5.74, 6) is 0.784. The van der Waals surface area contributed by atoms with Crippen molar-refractivity contribution in [2.24, 2.45) is 11.7 Å². The predicted molar refractivity (Wildman–Crippen MR) is 78.0 cm³/mol. The lowest BCUT2D eigenvalue weighted by molar-refractivity contribution is 0.0105. The summed E-state index contributed by atoms with van der Waals surface area (Å²) in [5, 5.41) is 0. The standard InChI is InChI=1S/C15H30N2O2/c1-12-6-8-13(9-7-12)17(11-5-10-16)14(18)19-15(2,3)4/h12-13H,5-11,16H2,1-4H3. The van der Waals surface area contributed by atoms with Gasteiger partial charge in [0.15, 0.2) is 0 Å². The van der Waals surface area contributed by atoms with Gasteiger partial charge in [0, 0.05) is 12.6 Å². The summed E-state index contributed by atoms with van der Waals surface area (Å²) < 4.78 is 5.52. The Kier molecular flexibility index (Phi) is 6.11. The van der Waals surface area contributed by atoms with Crippen molar-refractivity contribution in [2.45, 2.75) is 71.4 Å². The number of hydrogen-bond donors (Lipinski definition) is 1. The fraction of sp³-hybridized carbons (Fsp3) is 0.933. The first kappa shape index (κ1) is 16.3. The summed E-state index contributed by atoms with van der Waals surface area (Å²) in [6.07, 6.45) is 5.24.